The molecule has 6 rings (SSSR count). The second-order valence-electron chi connectivity index (χ2n) is 10.3. The van der Waals surface area contributed by atoms with E-state index in [0.29, 0.717) is 22.4 Å². The number of hydrogen-bond acceptors (Lipinski definition) is 7. The molecule has 0 saturated carbocycles. The van der Waals surface area contributed by atoms with Gasteiger partial charge >= 0.3 is 6.09 Å². The van der Waals surface area contributed by atoms with Crippen LogP contribution in [0.15, 0.2) is 102 Å². The SMILES string of the molecule is C=CC(=O)NCc1cnc(-c2ccc(F)cc2)cc1-c1nnc(CN(C)C(=O)OCC2c3ccccc3-c3ccccc32)o1. The van der Waals surface area contributed by atoms with Gasteiger partial charge in [-0.1, -0.05) is 55.1 Å². The Labute approximate surface area is 253 Å². The summed E-state index contributed by atoms with van der Waals surface area (Å²) in [5.74, 6) is -0.405. The van der Waals surface area contributed by atoms with Crippen LogP contribution in [0.4, 0.5) is 9.18 Å². The van der Waals surface area contributed by atoms with Crippen LogP contribution < -0.4 is 5.32 Å². The van der Waals surface area contributed by atoms with Gasteiger partial charge in [0.1, 0.15) is 19.0 Å². The average Bonchev–Trinajstić information content (AvgIpc) is 3.65. The van der Waals surface area contributed by atoms with Crippen LogP contribution in [0.3, 0.4) is 0 Å². The van der Waals surface area contributed by atoms with Crippen molar-refractivity contribution in [3.63, 3.8) is 0 Å². The van der Waals surface area contributed by atoms with Gasteiger partial charge in [-0.2, -0.15) is 0 Å². The molecule has 1 N–H and O–H groups in total. The molecule has 0 fully saturated rings. The Balaban J connectivity index is 1.17. The molecule has 2 heterocycles. The maximum Gasteiger partial charge on any atom is 0.409 e. The van der Waals surface area contributed by atoms with Crippen molar-refractivity contribution >= 4 is 12.0 Å². The zero-order chi connectivity index (χ0) is 30.6. The Morgan fingerprint density at radius 1 is 1.00 bits per heavy atom. The summed E-state index contributed by atoms with van der Waals surface area (Å²) in [5, 5.41) is 11.1. The zero-order valence-electron chi connectivity index (χ0n) is 23.9. The summed E-state index contributed by atoms with van der Waals surface area (Å²) >= 11 is 0. The number of rotatable bonds is 9. The number of hydrogen-bond donors (Lipinski definition) is 1. The average molecular weight is 590 g/mol. The van der Waals surface area contributed by atoms with Crippen molar-refractivity contribution in [2.45, 2.75) is 19.0 Å². The molecular weight excluding hydrogens is 561 g/mol. The van der Waals surface area contributed by atoms with Crippen molar-refractivity contribution < 1.29 is 23.1 Å². The van der Waals surface area contributed by atoms with Crippen LogP contribution in [-0.4, -0.2) is 45.7 Å². The van der Waals surface area contributed by atoms with Crippen LogP contribution >= 0.6 is 0 Å². The van der Waals surface area contributed by atoms with Gasteiger partial charge in [0.15, 0.2) is 0 Å². The molecule has 1 aliphatic carbocycles. The normalized spacial score (nSPS) is 11.9. The van der Waals surface area contributed by atoms with E-state index in [0.717, 1.165) is 22.3 Å². The van der Waals surface area contributed by atoms with Gasteiger partial charge in [0.25, 0.3) is 0 Å². The van der Waals surface area contributed by atoms with E-state index in [1.807, 2.05) is 24.3 Å². The van der Waals surface area contributed by atoms with Gasteiger partial charge in [0.2, 0.25) is 17.7 Å². The Morgan fingerprint density at radius 3 is 2.36 bits per heavy atom. The summed E-state index contributed by atoms with van der Waals surface area (Å²) in [6.45, 7) is 3.81. The number of pyridine rings is 1. The maximum absolute atomic E-state index is 13.5. The van der Waals surface area contributed by atoms with Crippen molar-refractivity contribution in [2.75, 3.05) is 13.7 Å². The Kier molecular flexibility index (Phi) is 7.96. The topological polar surface area (TPSA) is 110 Å². The molecule has 9 nitrogen and oxygen atoms in total. The number of benzene rings is 3. The van der Waals surface area contributed by atoms with Gasteiger partial charge in [-0.15, -0.1) is 10.2 Å². The maximum atomic E-state index is 13.5. The fraction of sp³-hybridized carbons (Fsp3) is 0.147. The van der Waals surface area contributed by atoms with Crippen LogP contribution in [0.25, 0.3) is 33.8 Å². The first-order valence-corrected chi connectivity index (χ1v) is 13.9. The van der Waals surface area contributed by atoms with Gasteiger partial charge in [0, 0.05) is 42.4 Å². The molecule has 0 spiro atoms. The molecule has 0 aliphatic heterocycles. The molecule has 44 heavy (non-hydrogen) atoms. The highest BCUT2D eigenvalue weighted by molar-refractivity contribution is 5.87. The molecule has 3 aromatic carbocycles. The number of halogens is 1. The van der Waals surface area contributed by atoms with Crippen LogP contribution in [0.2, 0.25) is 0 Å². The summed E-state index contributed by atoms with van der Waals surface area (Å²) < 4.78 is 25.2. The third-order valence-electron chi connectivity index (χ3n) is 7.48. The summed E-state index contributed by atoms with van der Waals surface area (Å²) in [4.78, 5) is 30.6. The van der Waals surface area contributed by atoms with Crippen molar-refractivity contribution in [1.29, 1.82) is 0 Å². The summed E-state index contributed by atoms with van der Waals surface area (Å²) in [5.41, 5.74) is 6.94. The molecule has 0 bridgehead atoms. The molecule has 0 radical (unpaired) electrons. The van der Waals surface area contributed by atoms with Gasteiger partial charge in [-0.05, 0) is 58.7 Å². The minimum atomic E-state index is -0.526. The Hall–Kier alpha value is -5.64. The summed E-state index contributed by atoms with van der Waals surface area (Å²) in [6, 6.07) is 23.9. The molecule has 0 atom stereocenters. The summed E-state index contributed by atoms with van der Waals surface area (Å²) in [7, 11) is 1.60. The van der Waals surface area contributed by atoms with E-state index in [1.54, 1.807) is 31.4 Å². The third-order valence-corrected chi connectivity index (χ3v) is 7.48. The highest BCUT2D eigenvalue weighted by Gasteiger charge is 2.29. The van der Waals surface area contributed by atoms with Crippen LogP contribution in [0.5, 0.6) is 0 Å². The number of nitrogens with one attached hydrogen (secondary N) is 1. The quantitative estimate of drug-likeness (QED) is 0.206. The Morgan fingerprint density at radius 2 is 1.68 bits per heavy atom. The highest BCUT2D eigenvalue weighted by atomic mass is 19.1. The fourth-order valence-electron chi connectivity index (χ4n) is 5.25. The summed E-state index contributed by atoms with van der Waals surface area (Å²) in [6.07, 6.45) is 2.23. The lowest BCUT2D eigenvalue weighted by molar-refractivity contribution is -0.116. The predicted octanol–water partition coefficient (Wildman–Crippen LogP) is 6.12. The highest BCUT2D eigenvalue weighted by Crippen LogP contribution is 2.44. The smallest absolute Gasteiger partial charge is 0.409 e. The molecule has 10 heteroatoms. The van der Waals surface area contributed by atoms with E-state index in [1.165, 1.54) is 23.1 Å². The molecule has 2 aromatic heterocycles. The van der Waals surface area contributed by atoms with E-state index in [9.17, 15) is 14.0 Å². The lowest BCUT2D eigenvalue weighted by Gasteiger charge is -2.18. The number of ether oxygens (including phenoxy) is 1. The molecule has 0 saturated heterocycles. The largest absolute Gasteiger partial charge is 0.448 e. The first-order valence-electron chi connectivity index (χ1n) is 13.9. The lowest BCUT2D eigenvalue weighted by Crippen LogP contribution is -2.28. The van der Waals surface area contributed by atoms with E-state index in [4.69, 9.17) is 9.15 Å². The second-order valence-corrected chi connectivity index (χ2v) is 10.3. The molecule has 220 valence electrons. The second kappa shape index (κ2) is 12.3. The van der Waals surface area contributed by atoms with Crippen molar-refractivity contribution in [3.8, 4) is 33.8 Å². The molecule has 5 aromatic rings. The number of aromatic nitrogens is 3. The van der Waals surface area contributed by atoms with Crippen molar-refractivity contribution in [1.82, 2.24) is 25.4 Å². The monoisotopic (exact) mass is 589 g/mol. The van der Waals surface area contributed by atoms with Gasteiger partial charge in [-0.25, -0.2) is 9.18 Å². The minimum absolute atomic E-state index is 0.0160. The molecule has 1 aliphatic rings. The van der Waals surface area contributed by atoms with Gasteiger partial charge < -0.3 is 19.4 Å². The van der Waals surface area contributed by atoms with Crippen molar-refractivity contribution in [2.24, 2.45) is 0 Å². The first kappa shape index (κ1) is 28.5. The van der Waals surface area contributed by atoms with Crippen LogP contribution in [0.1, 0.15) is 28.5 Å². The number of carbonyl (C=O) groups excluding carboxylic acids is 2. The fourth-order valence-corrected chi connectivity index (χ4v) is 5.25. The molecule has 0 unspecified atom stereocenters. The zero-order valence-corrected chi connectivity index (χ0v) is 23.9. The number of fused-ring (bicyclic) bond motifs is 3. The first-order chi connectivity index (χ1) is 21.4. The predicted molar refractivity (Wildman–Crippen MR) is 162 cm³/mol. The van der Waals surface area contributed by atoms with Crippen LogP contribution in [-0.2, 0) is 22.6 Å². The van der Waals surface area contributed by atoms with Crippen molar-refractivity contribution in [3.05, 3.63) is 126 Å². The number of nitrogens with zero attached hydrogens (tertiary/aromatic N) is 4. The van der Waals surface area contributed by atoms with Gasteiger partial charge in [0.05, 0.1) is 5.69 Å². The van der Waals surface area contributed by atoms with E-state index >= 15 is 0 Å². The Bertz CT molecular complexity index is 1810. The van der Waals surface area contributed by atoms with Gasteiger partial charge in [-0.3, -0.25) is 9.78 Å². The lowest BCUT2D eigenvalue weighted by atomic mass is 9.98. The minimum Gasteiger partial charge on any atom is -0.448 e. The third kappa shape index (κ3) is 5.82. The van der Waals surface area contributed by atoms with E-state index in [-0.39, 0.29) is 49.1 Å². The van der Waals surface area contributed by atoms with E-state index in [2.05, 4.69) is 51.3 Å². The molecule has 2 amide bonds. The number of carbonyl (C=O) groups is 2. The van der Waals surface area contributed by atoms with E-state index < -0.39 is 6.09 Å². The number of amides is 2. The molecular formula is C34H28FN5O4. The standard InChI is InChI=1S/C34H28FN5O4/c1-3-31(41)37-18-22-17-36-30(21-12-14-23(35)15-13-21)16-28(22)33-39-38-32(44-33)19-40(2)34(42)43-20-29-26-10-6-4-8-24(26)25-9-5-7-11-27(25)29/h3-17,29H,1,18-20H2,2H3,(H,37,41). The van der Waals surface area contributed by atoms with Crippen LogP contribution in [0, 0.1) is 5.82 Å².